The van der Waals surface area contributed by atoms with Crippen LogP contribution in [0.3, 0.4) is 0 Å². The number of carbonyl (C=O) groups is 1. The second-order valence-electron chi connectivity index (χ2n) is 9.23. The number of carbonyl (C=O) groups excluding carboxylic acids is 1. The van der Waals surface area contributed by atoms with Crippen molar-refractivity contribution in [1.82, 2.24) is 20.9 Å². The molecule has 0 spiro atoms. The van der Waals surface area contributed by atoms with E-state index in [1.165, 1.54) is 11.3 Å². The summed E-state index contributed by atoms with van der Waals surface area (Å²) in [6.07, 6.45) is 1.85. The first-order chi connectivity index (χ1) is 15.3. The molecule has 2 rings (SSSR count). The second kappa shape index (κ2) is 15.2. The summed E-state index contributed by atoms with van der Waals surface area (Å²) in [5.41, 5.74) is 2.18. The number of anilines is 1. The van der Waals surface area contributed by atoms with Gasteiger partial charge in [-0.2, -0.15) is 0 Å². The molecule has 0 atom stereocenters. The number of ether oxygens (including phenoxy) is 1. The van der Waals surface area contributed by atoms with Gasteiger partial charge in [0.1, 0.15) is 5.60 Å². The number of halogens is 1. The van der Waals surface area contributed by atoms with Crippen LogP contribution >= 0.6 is 24.0 Å². The normalized spacial score (nSPS) is 14.9. The molecule has 1 aromatic carbocycles. The van der Waals surface area contributed by atoms with Crippen molar-refractivity contribution < 1.29 is 9.53 Å². The van der Waals surface area contributed by atoms with Crippen LogP contribution in [0.15, 0.2) is 29.3 Å². The summed E-state index contributed by atoms with van der Waals surface area (Å²) in [6, 6.07) is 8.78. The molecule has 0 aromatic heterocycles. The fourth-order valence-electron chi connectivity index (χ4n) is 3.60. The van der Waals surface area contributed by atoms with E-state index < -0.39 is 11.7 Å². The van der Waals surface area contributed by atoms with E-state index in [1.54, 1.807) is 7.05 Å². The van der Waals surface area contributed by atoms with Gasteiger partial charge in [-0.3, -0.25) is 9.89 Å². The van der Waals surface area contributed by atoms with E-state index >= 15 is 0 Å². The van der Waals surface area contributed by atoms with Crippen molar-refractivity contribution in [3.8, 4) is 0 Å². The van der Waals surface area contributed by atoms with Gasteiger partial charge < -0.3 is 25.6 Å². The highest BCUT2D eigenvalue weighted by molar-refractivity contribution is 14.0. The summed E-state index contributed by atoms with van der Waals surface area (Å²) >= 11 is 0. The van der Waals surface area contributed by atoms with Gasteiger partial charge in [-0.1, -0.05) is 12.1 Å². The minimum Gasteiger partial charge on any atom is -0.444 e. The van der Waals surface area contributed by atoms with Crippen LogP contribution in [0, 0.1) is 6.92 Å². The Kier molecular flexibility index (Phi) is 13.5. The van der Waals surface area contributed by atoms with E-state index in [0.29, 0.717) is 13.1 Å². The quantitative estimate of drug-likeness (QED) is 0.182. The Morgan fingerprint density at radius 2 is 1.70 bits per heavy atom. The molecule has 0 aliphatic carbocycles. The third-order valence-corrected chi connectivity index (χ3v) is 5.24. The average Bonchev–Trinajstić information content (AvgIpc) is 2.74. The molecule has 0 saturated carbocycles. The standard InChI is InChI=1S/C24H42N6O2.HI/c1-20-9-8-10-21(19-20)30-17-15-29(16-18-30)14-7-6-11-26-22(25-5)27-12-13-28-23(31)32-24(2,3)4;/h8-10,19H,6-7,11-18H2,1-5H3,(H,28,31)(H2,25,26,27);1H. The number of alkyl carbamates (subject to hydrolysis) is 1. The number of hydrogen-bond acceptors (Lipinski definition) is 5. The van der Waals surface area contributed by atoms with Crippen molar-refractivity contribution in [3.63, 3.8) is 0 Å². The molecular weight excluding hydrogens is 531 g/mol. The Labute approximate surface area is 216 Å². The van der Waals surface area contributed by atoms with E-state index in [0.717, 1.165) is 58.1 Å². The number of nitrogens with one attached hydrogen (secondary N) is 3. The summed E-state index contributed by atoms with van der Waals surface area (Å²) < 4.78 is 5.22. The Balaban J connectivity index is 0.00000544. The molecular formula is C24H43IN6O2. The predicted octanol–water partition coefficient (Wildman–Crippen LogP) is 3.20. The second-order valence-corrected chi connectivity index (χ2v) is 9.23. The largest absolute Gasteiger partial charge is 0.444 e. The molecule has 0 bridgehead atoms. The first kappa shape index (κ1) is 29.3. The summed E-state index contributed by atoms with van der Waals surface area (Å²) in [6.45, 7) is 15.2. The van der Waals surface area contributed by atoms with Crippen molar-refractivity contribution in [2.45, 2.75) is 46.1 Å². The topological polar surface area (TPSA) is 81.2 Å². The van der Waals surface area contributed by atoms with Crippen molar-refractivity contribution in [1.29, 1.82) is 0 Å². The fraction of sp³-hybridized carbons (Fsp3) is 0.667. The number of aliphatic imine (C=N–C) groups is 1. The lowest BCUT2D eigenvalue weighted by atomic mass is 10.2. The lowest BCUT2D eigenvalue weighted by molar-refractivity contribution is 0.0529. The van der Waals surface area contributed by atoms with Crippen molar-refractivity contribution >= 4 is 41.7 Å². The lowest BCUT2D eigenvalue weighted by Crippen LogP contribution is -2.46. The summed E-state index contributed by atoms with van der Waals surface area (Å²) in [4.78, 5) is 20.9. The Bertz CT molecular complexity index is 730. The molecule has 188 valence electrons. The Hall–Kier alpha value is -1.75. The van der Waals surface area contributed by atoms with Gasteiger partial charge in [0.25, 0.3) is 0 Å². The van der Waals surface area contributed by atoms with Crippen LogP contribution in [0.5, 0.6) is 0 Å². The predicted molar refractivity (Wildman–Crippen MR) is 148 cm³/mol. The zero-order valence-corrected chi connectivity index (χ0v) is 23.3. The smallest absolute Gasteiger partial charge is 0.407 e. The van der Waals surface area contributed by atoms with E-state index in [4.69, 9.17) is 4.74 Å². The van der Waals surface area contributed by atoms with Gasteiger partial charge in [0, 0.05) is 58.5 Å². The highest BCUT2D eigenvalue weighted by Gasteiger charge is 2.17. The molecule has 9 heteroatoms. The van der Waals surface area contributed by atoms with Crippen LogP contribution in [0.1, 0.15) is 39.2 Å². The zero-order valence-electron chi connectivity index (χ0n) is 20.9. The number of guanidine groups is 1. The van der Waals surface area contributed by atoms with Gasteiger partial charge in [-0.05, 0) is 64.8 Å². The third kappa shape index (κ3) is 12.3. The van der Waals surface area contributed by atoms with E-state index in [1.807, 2.05) is 20.8 Å². The number of amides is 1. The first-order valence-corrected chi connectivity index (χ1v) is 11.7. The third-order valence-electron chi connectivity index (χ3n) is 5.24. The van der Waals surface area contributed by atoms with E-state index in [9.17, 15) is 4.79 Å². The number of hydrogen-bond donors (Lipinski definition) is 3. The summed E-state index contributed by atoms with van der Waals surface area (Å²) in [5, 5.41) is 9.27. The monoisotopic (exact) mass is 574 g/mol. The van der Waals surface area contributed by atoms with Crippen molar-refractivity contribution in [3.05, 3.63) is 29.8 Å². The minimum atomic E-state index is -0.482. The molecule has 3 N–H and O–H groups in total. The van der Waals surface area contributed by atoms with E-state index in [2.05, 4.69) is 61.9 Å². The fourth-order valence-corrected chi connectivity index (χ4v) is 3.60. The van der Waals surface area contributed by atoms with Crippen LogP contribution in [0.4, 0.5) is 10.5 Å². The molecule has 1 saturated heterocycles. The average molecular weight is 575 g/mol. The molecule has 1 heterocycles. The highest BCUT2D eigenvalue weighted by Crippen LogP contribution is 2.17. The highest BCUT2D eigenvalue weighted by atomic mass is 127. The van der Waals surface area contributed by atoms with Crippen LogP contribution < -0.4 is 20.9 Å². The minimum absolute atomic E-state index is 0. The number of unbranched alkanes of at least 4 members (excludes halogenated alkanes) is 1. The van der Waals surface area contributed by atoms with E-state index in [-0.39, 0.29) is 24.0 Å². The van der Waals surface area contributed by atoms with Crippen LogP contribution in [-0.4, -0.2) is 82.0 Å². The molecule has 0 unspecified atom stereocenters. The Morgan fingerprint density at radius 3 is 2.33 bits per heavy atom. The summed E-state index contributed by atoms with van der Waals surface area (Å²) in [7, 11) is 1.75. The zero-order chi connectivity index (χ0) is 23.4. The van der Waals surface area contributed by atoms with Gasteiger partial charge in [0.2, 0.25) is 0 Å². The van der Waals surface area contributed by atoms with Gasteiger partial charge in [0.05, 0.1) is 0 Å². The molecule has 1 amide bonds. The van der Waals surface area contributed by atoms with Crippen LogP contribution in [-0.2, 0) is 4.74 Å². The van der Waals surface area contributed by atoms with Gasteiger partial charge in [-0.15, -0.1) is 24.0 Å². The number of aryl methyl sites for hydroxylation is 1. The Morgan fingerprint density at radius 1 is 1.03 bits per heavy atom. The lowest BCUT2D eigenvalue weighted by Gasteiger charge is -2.36. The maximum absolute atomic E-state index is 11.6. The molecule has 1 aliphatic rings. The first-order valence-electron chi connectivity index (χ1n) is 11.7. The summed E-state index contributed by atoms with van der Waals surface area (Å²) in [5.74, 6) is 0.753. The maximum Gasteiger partial charge on any atom is 0.407 e. The number of benzene rings is 1. The number of rotatable bonds is 9. The molecule has 0 radical (unpaired) electrons. The maximum atomic E-state index is 11.6. The van der Waals surface area contributed by atoms with Gasteiger partial charge >= 0.3 is 6.09 Å². The molecule has 8 nitrogen and oxygen atoms in total. The van der Waals surface area contributed by atoms with Crippen molar-refractivity contribution in [2.24, 2.45) is 4.99 Å². The molecule has 1 aromatic rings. The molecule has 1 fully saturated rings. The molecule has 1 aliphatic heterocycles. The van der Waals surface area contributed by atoms with Crippen LogP contribution in [0.25, 0.3) is 0 Å². The number of nitrogens with zero attached hydrogens (tertiary/aromatic N) is 3. The SMILES string of the molecule is CN=C(NCCCCN1CCN(c2cccc(C)c2)CC1)NCCNC(=O)OC(C)(C)C.I. The van der Waals surface area contributed by atoms with Gasteiger partial charge in [-0.25, -0.2) is 4.79 Å². The van der Waals surface area contributed by atoms with Crippen LogP contribution in [0.2, 0.25) is 0 Å². The van der Waals surface area contributed by atoms with Crippen molar-refractivity contribution in [2.75, 3.05) is 64.3 Å². The molecule has 33 heavy (non-hydrogen) atoms. The van der Waals surface area contributed by atoms with Gasteiger partial charge in [0.15, 0.2) is 5.96 Å². The number of piperazine rings is 1.